The van der Waals surface area contributed by atoms with Gasteiger partial charge in [-0.05, 0) is 37.5 Å². The molecule has 0 bridgehead atoms. The van der Waals surface area contributed by atoms with Crippen LogP contribution in [0, 0.1) is 22.4 Å². The minimum Gasteiger partial charge on any atom is -0.758 e. The van der Waals surface area contributed by atoms with Crippen LogP contribution in [-0.4, -0.2) is 22.3 Å². The summed E-state index contributed by atoms with van der Waals surface area (Å²) >= 11 is 5.88. The Kier molecular flexibility index (Phi) is 3.83. The van der Waals surface area contributed by atoms with Gasteiger partial charge in [-0.25, -0.2) is 9.37 Å². The number of anilines is 2. The Bertz CT molecular complexity index is 955. The Morgan fingerprint density at radius 2 is 2.19 bits per heavy atom. The first-order valence-electron chi connectivity index (χ1n) is 8.08. The topological polar surface area (TPSA) is 92.1 Å². The molecule has 1 aromatic carbocycles. The average molecular weight is 372 g/mol. The number of carbonyl (C=O) groups is 1. The van der Waals surface area contributed by atoms with Crippen molar-refractivity contribution in [3.05, 3.63) is 57.6 Å². The zero-order valence-electron chi connectivity index (χ0n) is 13.5. The number of Topliss-reactive ketones (excluding diaryl/α,β-unsaturated/α-hetero) is 1. The number of hydrogen-bond donors (Lipinski definition) is 1. The first-order chi connectivity index (χ1) is 12.4. The molecule has 1 N–H and O–H groups in total. The fraction of sp³-hybridized carbons (Fsp3) is 0.278. The van der Waals surface area contributed by atoms with E-state index in [-0.39, 0.29) is 28.7 Å². The second kappa shape index (κ2) is 5.94. The molecule has 2 aromatic rings. The van der Waals surface area contributed by atoms with Gasteiger partial charge >= 0.3 is 0 Å². The first kappa shape index (κ1) is 16.8. The number of rotatable bonds is 4. The third-order valence-electron chi connectivity index (χ3n) is 4.86. The number of hydroxylamine groups is 1. The quantitative estimate of drug-likeness (QED) is 0.825. The highest BCUT2D eigenvalue weighted by Crippen LogP contribution is 2.46. The SMILES string of the molecule is N#Cc1cc(F)c(NC2(CC3C(=O)c4ccccc4N3[O-])CC2)nc1Cl. The van der Waals surface area contributed by atoms with Crippen molar-refractivity contribution in [3.8, 4) is 6.07 Å². The van der Waals surface area contributed by atoms with Crippen LogP contribution in [0.1, 0.15) is 35.2 Å². The molecule has 1 aromatic heterocycles. The lowest BCUT2D eigenvalue weighted by molar-refractivity contribution is 0.0966. The normalized spacial score (nSPS) is 19.8. The van der Waals surface area contributed by atoms with Gasteiger partial charge in [-0.2, -0.15) is 5.26 Å². The molecule has 0 amide bonds. The fourth-order valence-corrected chi connectivity index (χ4v) is 3.47. The van der Waals surface area contributed by atoms with Crippen LogP contribution in [0.4, 0.5) is 15.9 Å². The highest BCUT2D eigenvalue weighted by atomic mass is 35.5. The third-order valence-corrected chi connectivity index (χ3v) is 5.15. The summed E-state index contributed by atoms with van der Waals surface area (Å²) in [4.78, 5) is 16.5. The van der Waals surface area contributed by atoms with Gasteiger partial charge in [0.15, 0.2) is 17.4 Å². The number of nitrogens with one attached hydrogen (secondary N) is 1. The minimum absolute atomic E-state index is 0.0493. The van der Waals surface area contributed by atoms with Crippen LogP contribution >= 0.6 is 11.6 Å². The summed E-state index contributed by atoms with van der Waals surface area (Å²) in [6.07, 6.45) is 1.60. The van der Waals surface area contributed by atoms with Gasteiger partial charge < -0.3 is 15.6 Å². The Balaban J connectivity index is 1.56. The van der Waals surface area contributed by atoms with Crippen LogP contribution in [0.3, 0.4) is 0 Å². The Labute approximate surface area is 153 Å². The standard InChI is InChI=1S/C18H13ClFN4O2/c19-16-10(9-21)7-12(20)17(22-16)23-18(5-6-18)8-14-15(25)11-3-1-2-4-13(11)24(14)26/h1-4,7,14H,5-6,8H2,(H,22,23)/q-1. The molecule has 2 aliphatic rings. The van der Waals surface area contributed by atoms with Crippen molar-refractivity contribution in [3.63, 3.8) is 0 Å². The van der Waals surface area contributed by atoms with Crippen LogP contribution in [0.15, 0.2) is 30.3 Å². The second-order valence-electron chi connectivity index (χ2n) is 6.60. The largest absolute Gasteiger partial charge is 0.758 e. The molecule has 132 valence electrons. The molecule has 6 nitrogen and oxygen atoms in total. The molecule has 1 saturated carbocycles. The monoisotopic (exact) mass is 371 g/mol. The maximum absolute atomic E-state index is 14.2. The van der Waals surface area contributed by atoms with E-state index in [2.05, 4.69) is 10.3 Å². The second-order valence-corrected chi connectivity index (χ2v) is 6.96. The number of para-hydroxylation sites is 1. The van der Waals surface area contributed by atoms with E-state index in [0.717, 1.165) is 11.1 Å². The van der Waals surface area contributed by atoms with Crippen LogP contribution in [-0.2, 0) is 0 Å². The summed E-state index contributed by atoms with van der Waals surface area (Å²) in [5, 5.41) is 25.0. The highest BCUT2D eigenvalue weighted by molar-refractivity contribution is 6.30. The third kappa shape index (κ3) is 2.68. The zero-order chi connectivity index (χ0) is 18.5. The molecule has 1 fully saturated rings. The van der Waals surface area contributed by atoms with Gasteiger partial charge in [-0.3, -0.25) is 4.79 Å². The van der Waals surface area contributed by atoms with Gasteiger partial charge in [0.1, 0.15) is 11.2 Å². The van der Waals surface area contributed by atoms with Crippen LogP contribution in [0.2, 0.25) is 5.15 Å². The van der Waals surface area contributed by atoms with Gasteiger partial charge in [-0.1, -0.05) is 23.7 Å². The van der Waals surface area contributed by atoms with E-state index in [1.165, 1.54) is 0 Å². The zero-order valence-corrected chi connectivity index (χ0v) is 14.3. The molecule has 0 saturated heterocycles. The Morgan fingerprint density at radius 3 is 2.85 bits per heavy atom. The van der Waals surface area contributed by atoms with Gasteiger partial charge in [0.2, 0.25) is 0 Å². The molecule has 1 atom stereocenters. The number of nitrogens with zero attached hydrogens (tertiary/aromatic N) is 3. The van der Waals surface area contributed by atoms with E-state index in [4.69, 9.17) is 16.9 Å². The molecule has 1 aliphatic carbocycles. The van der Waals surface area contributed by atoms with E-state index >= 15 is 0 Å². The van der Waals surface area contributed by atoms with Crippen molar-refractivity contribution in [2.24, 2.45) is 0 Å². The average Bonchev–Trinajstić information content (AvgIpc) is 3.36. The van der Waals surface area contributed by atoms with E-state index in [0.29, 0.717) is 24.1 Å². The van der Waals surface area contributed by atoms with Crippen molar-refractivity contribution in [2.75, 3.05) is 10.4 Å². The molecular formula is C18H13ClFN4O2-. The number of carbonyl (C=O) groups excluding carboxylic acids is 1. The van der Waals surface area contributed by atoms with Crippen LogP contribution in [0.25, 0.3) is 0 Å². The molecule has 0 radical (unpaired) electrons. The Hall–Kier alpha value is -2.69. The van der Waals surface area contributed by atoms with Crippen molar-refractivity contribution < 1.29 is 9.18 Å². The van der Waals surface area contributed by atoms with E-state index in [1.807, 2.05) is 0 Å². The minimum atomic E-state index is -0.848. The molecule has 8 heteroatoms. The number of benzene rings is 1. The number of halogens is 2. The van der Waals surface area contributed by atoms with Gasteiger partial charge in [0.25, 0.3) is 0 Å². The lowest BCUT2D eigenvalue weighted by Crippen LogP contribution is -2.38. The number of pyridine rings is 1. The summed E-state index contributed by atoms with van der Waals surface area (Å²) in [6.45, 7) is 0. The number of fused-ring (bicyclic) bond motifs is 1. The molecule has 1 unspecified atom stereocenters. The molecule has 1 aliphatic heterocycles. The predicted molar refractivity (Wildman–Crippen MR) is 94.5 cm³/mol. The number of nitriles is 1. The van der Waals surface area contributed by atoms with Crippen LogP contribution in [0.5, 0.6) is 0 Å². The first-order valence-corrected chi connectivity index (χ1v) is 8.46. The van der Waals surface area contributed by atoms with Crippen molar-refractivity contribution in [2.45, 2.75) is 30.8 Å². The smallest absolute Gasteiger partial charge is 0.186 e. The molecule has 4 rings (SSSR count). The van der Waals surface area contributed by atoms with E-state index in [9.17, 15) is 14.4 Å². The Morgan fingerprint density at radius 1 is 1.46 bits per heavy atom. The lowest BCUT2D eigenvalue weighted by Gasteiger charge is -2.34. The van der Waals surface area contributed by atoms with E-state index in [1.54, 1.807) is 30.3 Å². The van der Waals surface area contributed by atoms with Gasteiger partial charge in [0.05, 0.1) is 11.6 Å². The molecule has 2 heterocycles. The van der Waals surface area contributed by atoms with Gasteiger partial charge in [-0.15, -0.1) is 0 Å². The number of hydrogen-bond acceptors (Lipinski definition) is 6. The fourth-order valence-electron chi connectivity index (χ4n) is 3.29. The van der Waals surface area contributed by atoms with Crippen molar-refractivity contribution >= 4 is 28.9 Å². The lowest BCUT2D eigenvalue weighted by atomic mass is 10.00. The summed E-state index contributed by atoms with van der Waals surface area (Å²) in [5.41, 5.74) is 0.140. The summed E-state index contributed by atoms with van der Waals surface area (Å²) < 4.78 is 14.2. The highest BCUT2D eigenvalue weighted by Gasteiger charge is 2.48. The maximum atomic E-state index is 14.2. The number of ketones is 1. The summed E-state index contributed by atoms with van der Waals surface area (Å²) in [6, 6.07) is 8.62. The van der Waals surface area contributed by atoms with Gasteiger partial charge in [0, 0.05) is 16.8 Å². The number of aromatic nitrogens is 1. The van der Waals surface area contributed by atoms with E-state index < -0.39 is 17.4 Å². The molecule has 26 heavy (non-hydrogen) atoms. The molecular weight excluding hydrogens is 359 g/mol. The van der Waals surface area contributed by atoms with Crippen molar-refractivity contribution in [1.82, 2.24) is 4.98 Å². The van der Waals surface area contributed by atoms with Crippen LogP contribution < -0.4 is 10.4 Å². The summed E-state index contributed by atoms with van der Waals surface area (Å²) in [7, 11) is 0. The molecule has 0 spiro atoms. The van der Waals surface area contributed by atoms with Crippen molar-refractivity contribution in [1.29, 1.82) is 5.26 Å². The summed E-state index contributed by atoms with van der Waals surface area (Å²) in [5.74, 6) is -1.00. The maximum Gasteiger partial charge on any atom is 0.186 e. The predicted octanol–water partition coefficient (Wildman–Crippen LogP) is 3.65.